The number of carbonyl (C=O) groups excluding carboxylic acids is 1. The first-order valence-electron chi connectivity index (χ1n) is 28.1. The van der Waals surface area contributed by atoms with Crippen LogP contribution in [0.4, 0.5) is 0 Å². The maximum atomic E-state index is 14.5. The number of unbranched alkanes of at least 4 members (excludes halogenated alkanes) is 32. The van der Waals surface area contributed by atoms with E-state index in [1.54, 1.807) is 0 Å². The summed E-state index contributed by atoms with van der Waals surface area (Å²) in [5, 5.41) is 0.267. The lowest BCUT2D eigenvalue weighted by molar-refractivity contribution is -0.136. The van der Waals surface area contributed by atoms with Crippen LogP contribution < -0.4 is 0 Å². The van der Waals surface area contributed by atoms with Crippen LogP contribution in [0.5, 0.6) is 0 Å². The first-order chi connectivity index (χ1) is 29.5. The molecule has 0 bridgehead atoms. The van der Waals surface area contributed by atoms with Crippen molar-refractivity contribution in [3.63, 3.8) is 0 Å². The van der Waals surface area contributed by atoms with Crippen molar-refractivity contribution in [1.29, 1.82) is 0 Å². The predicted octanol–water partition coefficient (Wildman–Crippen LogP) is 19.5. The number of nitrogens with zero attached hydrogens (tertiary/aromatic N) is 1. The van der Waals surface area contributed by atoms with Crippen LogP contribution in [-0.2, 0) is 13.6 Å². The van der Waals surface area contributed by atoms with E-state index >= 15 is 0 Å². The third-order valence-corrected chi connectivity index (χ3v) is 24.8. The fraction of sp³-hybridized carbons (Fsp3) is 0.982. The van der Waals surface area contributed by atoms with Crippen molar-refractivity contribution in [2.45, 2.75) is 347 Å². The molecule has 62 heavy (non-hydrogen) atoms. The third-order valence-electron chi connectivity index (χ3n) is 15.8. The van der Waals surface area contributed by atoms with E-state index in [0.717, 1.165) is 19.3 Å². The largest absolute Gasteiger partial charge is 0.415 e. The summed E-state index contributed by atoms with van der Waals surface area (Å²) in [6.07, 6.45) is 49.8. The molecular formula is C56H115NO3Si2. The Balaban J connectivity index is 2.55. The van der Waals surface area contributed by atoms with Crippen LogP contribution in [0.25, 0.3) is 0 Å². The molecule has 1 rings (SSSR count). The molecule has 0 saturated carbocycles. The maximum Gasteiger partial charge on any atom is 0.223 e. The zero-order chi connectivity index (χ0) is 46.2. The van der Waals surface area contributed by atoms with E-state index in [4.69, 9.17) is 8.85 Å². The highest BCUT2D eigenvalue weighted by Gasteiger charge is 2.49. The van der Waals surface area contributed by atoms with Crippen molar-refractivity contribution in [2.24, 2.45) is 0 Å². The van der Waals surface area contributed by atoms with Crippen molar-refractivity contribution < 1.29 is 13.6 Å². The molecule has 4 nitrogen and oxygen atoms in total. The zero-order valence-electron chi connectivity index (χ0n) is 44.8. The second kappa shape index (κ2) is 35.0. The number of amides is 1. The predicted molar refractivity (Wildman–Crippen MR) is 282 cm³/mol. The van der Waals surface area contributed by atoms with E-state index in [1.807, 2.05) is 0 Å². The first kappa shape index (κ1) is 59.8. The Morgan fingerprint density at radius 1 is 0.468 bits per heavy atom. The number of hydrogen-bond acceptors (Lipinski definition) is 3. The lowest BCUT2D eigenvalue weighted by Crippen LogP contribution is -2.52. The van der Waals surface area contributed by atoms with Gasteiger partial charge in [-0.05, 0) is 55.5 Å². The van der Waals surface area contributed by atoms with Gasteiger partial charge in [-0.25, -0.2) is 0 Å². The van der Waals surface area contributed by atoms with Crippen molar-refractivity contribution in [2.75, 3.05) is 6.61 Å². The van der Waals surface area contributed by atoms with E-state index in [9.17, 15) is 4.79 Å². The molecule has 370 valence electrons. The molecule has 0 aliphatic carbocycles. The molecule has 1 aliphatic heterocycles. The summed E-state index contributed by atoms with van der Waals surface area (Å²) in [5.74, 6) is 0.367. The number of likely N-dealkylation sites (tertiary alicyclic amines) is 1. The van der Waals surface area contributed by atoms with Crippen LogP contribution in [0.15, 0.2) is 0 Å². The minimum absolute atomic E-state index is 0.0213. The third kappa shape index (κ3) is 27.5. The Morgan fingerprint density at radius 2 is 0.774 bits per heavy atom. The van der Waals surface area contributed by atoms with Crippen LogP contribution in [0, 0.1) is 0 Å². The monoisotopic (exact) mass is 906 g/mol. The molecule has 1 fully saturated rings. The van der Waals surface area contributed by atoms with Gasteiger partial charge in [0.2, 0.25) is 5.91 Å². The van der Waals surface area contributed by atoms with Crippen LogP contribution in [0.1, 0.15) is 293 Å². The molecular weight excluding hydrogens is 791 g/mol. The highest BCUT2D eigenvalue weighted by atomic mass is 28.4. The number of rotatable bonds is 41. The van der Waals surface area contributed by atoms with Gasteiger partial charge < -0.3 is 13.8 Å². The molecule has 1 aliphatic rings. The smallest absolute Gasteiger partial charge is 0.223 e. The van der Waals surface area contributed by atoms with Crippen LogP contribution in [0.3, 0.4) is 0 Å². The summed E-state index contributed by atoms with van der Waals surface area (Å²) >= 11 is 0. The summed E-state index contributed by atoms with van der Waals surface area (Å²) in [6.45, 7) is 28.8. The van der Waals surface area contributed by atoms with Gasteiger partial charge in [-0.3, -0.25) is 4.79 Å². The topological polar surface area (TPSA) is 38.8 Å². The van der Waals surface area contributed by atoms with Crippen LogP contribution in [0.2, 0.25) is 36.3 Å². The summed E-state index contributed by atoms with van der Waals surface area (Å²) in [4.78, 5) is 16.8. The quantitative estimate of drug-likeness (QED) is 0.0453. The van der Waals surface area contributed by atoms with Gasteiger partial charge in [0.05, 0.1) is 18.8 Å². The van der Waals surface area contributed by atoms with Crippen molar-refractivity contribution in [1.82, 2.24) is 4.90 Å². The van der Waals surface area contributed by atoms with Gasteiger partial charge >= 0.3 is 0 Å². The molecule has 0 N–H and O–H groups in total. The maximum absolute atomic E-state index is 14.5. The first-order valence-corrected chi connectivity index (χ1v) is 33.9. The summed E-state index contributed by atoms with van der Waals surface area (Å²) in [7, 11) is -4.03. The van der Waals surface area contributed by atoms with Gasteiger partial charge in [-0.1, -0.05) is 267 Å². The average molecular weight is 907 g/mol. The van der Waals surface area contributed by atoms with Crippen LogP contribution in [-0.4, -0.2) is 52.2 Å². The van der Waals surface area contributed by atoms with Gasteiger partial charge in [0.1, 0.15) is 0 Å². The standard InChI is InChI=1S/C56H115NO3Si2/c1-13-15-17-19-21-23-25-26-27-28-29-30-31-32-33-34-35-36-38-40-42-44-46-48-54(58)57-51(47-45-43-41-39-37-24-22-20-18-16-14-2)49-53(60-62(11,12)56(6,7)8)52(57)50-59-61(9,10)55(3,4)5/h51-53H,13-50H2,1-12H3/t51-,52-,53+/m0/s1. The molecule has 0 radical (unpaired) electrons. The van der Waals surface area contributed by atoms with E-state index < -0.39 is 16.6 Å². The fourth-order valence-electron chi connectivity index (χ4n) is 9.25. The summed E-state index contributed by atoms with van der Waals surface area (Å²) < 4.78 is 14.3. The number of carbonyl (C=O) groups is 1. The van der Waals surface area contributed by atoms with E-state index in [1.165, 1.54) is 212 Å². The van der Waals surface area contributed by atoms with Crippen LogP contribution >= 0.6 is 0 Å². The average Bonchev–Trinajstić information content (AvgIpc) is 3.54. The van der Waals surface area contributed by atoms with Gasteiger partial charge in [-0.2, -0.15) is 0 Å². The Bertz CT molecular complexity index is 1050. The Kier molecular flexibility index (Phi) is 33.8. The van der Waals surface area contributed by atoms with Gasteiger partial charge in [0.15, 0.2) is 16.6 Å². The van der Waals surface area contributed by atoms with Crippen molar-refractivity contribution in [3.05, 3.63) is 0 Å². The number of hydrogen-bond donors (Lipinski definition) is 0. The molecule has 0 unspecified atom stereocenters. The highest BCUT2D eigenvalue weighted by Crippen LogP contribution is 2.43. The van der Waals surface area contributed by atoms with Crippen molar-refractivity contribution in [3.8, 4) is 0 Å². The fourth-order valence-corrected chi connectivity index (χ4v) is 11.6. The highest BCUT2D eigenvalue weighted by molar-refractivity contribution is 6.74. The molecule has 6 heteroatoms. The second-order valence-electron chi connectivity index (χ2n) is 23.6. The minimum Gasteiger partial charge on any atom is -0.415 e. The lowest BCUT2D eigenvalue weighted by Gasteiger charge is -2.42. The molecule has 0 aromatic carbocycles. The summed E-state index contributed by atoms with van der Waals surface area (Å²) in [6, 6.07) is 0.293. The molecule has 0 spiro atoms. The Morgan fingerprint density at radius 3 is 1.10 bits per heavy atom. The summed E-state index contributed by atoms with van der Waals surface area (Å²) in [5.41, 5.74) is 0. The van der Waals surface area contributed by atoms with Gasteiger partial charge in [-0.15, -0.1) is 0 Å². The molecule has 0 aromatic rings. The zero-order valence-corrected chi connectivity index (χ0v) is 46.8. The SMILES string of the molecule is CCCCCCCCCCCCCCCCCCCCCCCCCC(=O)N1[C@@H](CCCCCCCCCCCCC)C[C@@H](O[Si](C)(C)C(C)(C)C)[C@@H]1CO[Si](C)(C)C(C)(C)C. The van der Waals surface area contributed by atoms with E-state index in [-0.39, 0.29) is 28.3 Å². The Labute approximate surface area is 393 Å². The molecule has 3 atom stereocenters. The molecule has 0 aromatic heterocycles. The van der Waals surface area contributed by atoms with E-state index in [0.29, 0.717) is 18.9 Å². The second-order valence-corrected chi connectivity index (χ2v) is 33.2. The van der Waals surface area contributed by atoms with Gasteiger partial charge in [0, 0.05) is 12.5 Å². The van der Waals surface area contributed by atoms with E-state index in [2.05, 4.69) is 86.5 Å². The molecule has 1 amide bonds. The Hall–Kier alpha value is -0.176. The molecule has 1 heterocycles. The van der Waals surface area contributed by atoms with Crippen molar-refractivity contribution >= 4 is 22.5 Å². The normalized spacial score (nSPS) is 17.7. The minimum atomic E-state index is -2.04. The lowest BCUT2D eigenvalue weighted by atomic mass is 10.0. The molecule has 1 saturated heterocycles. The van der Waals surface area contributed by atoms with Gasteiger partial charge in [0.25, 0.3) is 0 Å².